The summed E-state index contributed by atoms with van der Waals surface area (Å²) in [5.41, 5.74) is 12.1. The Bertz CT molecular complexity index is 6040. The van der Waals surface area contributed by atoms with Crippen molar-refractivity contribution in [3.8, 4) is 11.5 Å². The van der Waals surface area contributed by atoms with E-state index in [0.717, 1.165) is 117 Å². The molecule has 0 saturated carbocycles. The summed E-state index contributed by atoms with van der Waals surface area (Å²) in [4.78, 5) is 170. The van der Waals surface area contributed by atoms with Crippen molar-refractivity contribution >= 4 is 112 Å². The van der Waals surface area contributed by atoms with Gasteiger partial charge in [-0.25, -0.2) is 39.7 Å². The number of H-pyrrole nitrogens is 4. The molecule has 5 aliphatic heterocycles. The average Bonchev–Trinajstić information content (AvgIpc) is 0.773. The van der Waals surface area contributed by atoms with Crippen LogP contribution in [-0.2, 0) is 40.0 Å². The zero-order valence-electron chi connectivity index (χ0n) is 70.6. The number of unbranched alkanes of at least 4 members (excludes halogenated alkanes) is 3. The third-order valence-electron chi connectivity index (χ3n) is 19.6. The van der Waals surface area contributed by atoms with E-state index in [1.807, 2.05) is 153 Å². The molecule has 0 saturated heterocycles. The molecule has 3 aromatic heterocycles. The van der Waals surface area contributed by atoms with Crippen molar-refractivity contribution < 1.29 is 43.7 Å². The Hall–Kier alpha value is -12.6. The van der Waals surface area contributed by atoms with Gasteiger partial charge in [-0.3, -0.25) is 48.1 Å². The number of amides is 1. The van der Waals surface area contributed by atoms with Crippen LogP contribution >= 0.6 is 0 Å². The molecule has 10 N–H and O–H groups in total. The van der Waals surface area contributed by atoms with Crippen molar-refractivity contribution in [2.45, 2.75) is 193 Å². The SMILES string of the molecule is C.C=c1nc2c(c(=O)[nH]1)=Nc1cc(C)c(C)cc1N2CCCCNC(C)(C)C(=O)OC(C)(C)C.C=c1nc2c(c(=O)[nH]1)=Nc1cc(C)c(C)cc1N2CCCCNCC(=O)OC(C)(C)C.C=c1nc2c(c(=O)[nH]1)=Nc1cc(C)c(C)cc1N2CCNC(=O)CCC(=O)O.Cc1cc2nc3c(=O)[nH]c(=O)nc-3n(CCCCNCC(=O)O)c2cc1C. The van der Waals surface area contributed by atoms with E-state index in [2.05, 4.69) is 127 Å². The molecule has 34 heteroatoms. The summed E-state index contributed by atoms with van der Waals surface area (Å²) in [7, 11) is 0. The Balaban J connectivity index is 0.000000199. The maximum atomic E-state index is 12.5. The first-order valence-electron chi connectivity index (χ1n) is 39.4. The summed E-state index contributed by atoms with van der Waals surface area (Å²) in [5, 5.41) is 30.1. The first-order chi connectivity index (χ1) is 55.9. The number of ether oxygens (including phenoxy) is 2. The van der Waals surface area contributed by atoms with Gasteiger partial charge in [0.2, 0.25) is 5.91 Å². The lowest BCUT2D eigenvalue weighted by Gasteiger charge is -2.30. The number of hydrogen-bond acceptors (Lipinski definition) is 26. The second-order valence-corrected chi connectivity index (χ2v) is 32.1. The molecule has 5 aliphatic rings. The molecule has 0 fully saturated rings. The number of nitrogens with one attached hydrogen (secondary N) is 8. The standard InChI is InChI=1S/C25H35N5O3.C23H31N5O3.C19H21N5O4.C18H21N5O4.CH4/c1-15-13-18-19(14-16(15)2)30(21-20(29-18)22(31)28-17(3)27-21)12-10-9-11-26-25(7,8)23(32)33-24(4,5)6;1-14-11-17-18(12-15(14)2)28(21-20(27-17)22(30)26-16(3)25-21)10-8-7-9-24-13-19(29)31-23(4,5)6;1-10-8-13-14(9-11(10)2)24(7-6-20-15(25)4-5-16(26)27)18-17(23-13)19(28)22-12(3)21-18;1-10-7-12-13(8-11(10)2)23(6-4-3-5-19-9-14(24)25)16-15(20-12)17(26)22-18(27)21-16;/h13-14,26H,3,9-12H2,1-2,4-8H3,(H,28,31);11-12,24H,3,7-10,13H2,1-2,4-6H3,(H,26,30);8-9H,3-7H2,1-2H3,(H,20,25)(H,22,28)(H,26,27);7-8,19H,3-6,9H2,1-2H3,(H,24,25)(H,22,26,27);1H4. The minimum atomic E-state index is -1.02. The molecule has 0 atom stereocenters. The zero-order valence-corrected chi connectivity index (χ0v) is 70.6. The van der Waals surface area contributed by atoms with Crippen molar-refractivity contribution in [2.75, 3.05) is 73.6 Å². The second-order valence-electron chi connectivity index (χ2n) is 32.1. The quantitative estimate of drug-likeness (QED) is 0.0158. The molecule has 0 unspecified atom stereocenters. The highest BCUT2D eigenvalue weighted by molar-refractivity contribution is 5.84. The summed E-state index contributed by atoms with van der Waals surface area (Å²) in [6.45, 7) is 46.6. The highest BCUT2D eigenvalue weighted by Gasteiger charge is 2.33. The fourth-order valence-corrected chi connectivity index (χ4v) is 13.0. The summed E-state index contributed by atoms with van der Waals surface area (Å²) < 4.78 is 12.6. The van der Waals surface area contributed by atoms with Crippen LogP contribution in [0, 0.1) is 55.4 Å². The van der Waals surface area contributed by atoms with E-state index in [0.29, 0.717) is 96.1 Å². The van der Waals surface area contributed by atoms with Gasteiger partial charge in [-0.05, 0) is 262 Å². The van der Waals surface area contributed by atoms with Crippen LogP contribution in [0.25, 0.3) is 42.3 Å². The number of esters is 2. The van der Waals surface area contributed by atoms with Crippen molar-refractivity contribution in [1.82, 2.24) is 70.7 Å². The number of rotatable bonds is 27. The molecule has 0 aliphatic carbocycles. The fraction of sp³-hybridized carbons (Fsp3) is 0.442. The summed E-state index contributed by atoms with van der Waals surface area (Å²) in [6.07, 6.45) is 4.50. The largest absolute Gasteiger partial charge is 0.481 e. The van der Waals surface area contributed by atoms with Crippen molar-refractivity contribution in [3.05, 3.63) is 177 Å². The maximum absolute atomic E-state index is 12.5. The van der Waals surface area contributed by atoms with Gasteiger partial charge in [-0.1, -0.05) is 27.2 Å². The Kier molecular flexibility index (Phi) is 30.8. The number of anilines is 6. The lowest BCUT2D eigenvalue weighted by Crippen LogP contribution is -2.50. The Morgan fingerprint density at radius 2 is 0.858 bits per heavy atom. The summed E-state index contributed by atoms with van der Waals surface area (Å²) >= 11 is 0. The van der Waals surface area contributed by atoms with E-state index < -0.39 is 39.9 Å². The van der Waals surface area contributed by atoms with Gasteiger partial charge in [0.15, 0.2) is 45.0 Å². The van der Waals surface area contributed by atoms with Crippen molar-refractivity contribution in [3.63, 3.8) is 0 Å². The van der Waals surface area contributed by atoms with Crippen LogP contribution in [0.1, 0.15) is 159 Å². The number of nitrogens with zero attached hydrogens (tertiary/aromatic N) is 12. The van der Waals surface area contributed by atoms with Gasteiger partial charge in [0.05, 0.1) is 64.7 Å². The molecule has 1 amide bonds. The lowest BCUT2D eigenvalue weighted by molar-refractivity contribution is -0.162. The first kappa shape index (κ1) is 92.9. The number of fused-ring (bicyclic) bond motifs is 8. The maximum Gasteiger partial charge on any atom is 0.349 e. The van der Waals surface area contributed by atoms with Crippen LogP contribution in [0.4, 0.5) is 51.6 Å². The number of carbonyl (C=O) groups excluding carboxylic acids is 3. The van der Waals surface area contributed by atoms with E-state index in [1.54, 1.807) is 0 Å². The molecule has 0 spiro atoms. The molecule has 12 rings (SSSR count). The summed E-state index contributed by atoms with van der Waals surface area (Å²) in [6, 6.07) is 15.9. The van der Waals surface area contributed by atoms with E-state index in [9.17, 15) is 47.9 Å². The van der Waals surface area contributed by atoms with Gasteiger partial charge in [-0.15, -0.1) is 0 Å². The third-order valence-corrected chi connectivity index (χ3v) is 19.6. The molecule has 4 aromatic carbocycles. The van der Waals surface area contributed by atoms with Gasteiger partial charge in [-0.2, -0.15) is 4.98 Å². The van der Waals surface area contributed by atoms with E-state index in [-0.39, 0.29) is 96.8 Å². The molecular formula is C86H112N20O14. The molecule has 34 nitrogen and oxygen atoms in total. The number of benzene rings is 4. The number of aromatic amines is 4. The molecule has 120 heavy (non-hydrogen) atoms. The second kappa shape index (κ2) is 39.8. The van der Waals surface area contributed by atoms with Crippen LogP contribution in [0.3, 0.4) is 0 Å². The first-order valence-corrected chi connectivity index (χ1v) is 39.4. The predicted molar refractivity (Wildman–Crippen MR) is 463 cm³/mol. The fourth-order valence-electron chi connectivity index (χ4n) is 13.0. The predicted octanol–water partition coefficient (Wildman–Crippen LogP) is 6.07. The minimum absolute atomic E-state index is 0. The normalized spacial score (nSPS) is 12.3. The Labute approximate surface area is 693 Å². The average molecular weight is 1650 g/mol. The number of carboxylic acid groups (broad SMARTS) is 2. The molecule has 0 bridgehead atoms. The smallest absolute Gasteiger partial charge is 0.349 e. The van der Waals surface area contributed by atoms with Crippen LogP contribution in [0.2, 0.25) is 0 Å². The van der Waals surface area contributed by atoms with Gasteiger partial charge >= 0.3 is 29.6 Å². The van der Waals surface area contributed by atoms with E-state index >= 15 is 0 Å². The Morgan fingerprint density at radius 1 is 0.450 bits per heavy atom. The van der Waals surface area contributed by atoms with Crippen LogP contribution in [-0.4, -0.2) is 165 Å². The van der Waals surface area contributed by atoms with E-state index in [1.165, 1.54) is 0 Å². The molecule has 7 aromatic rings. The topological polar surface area (TPSA) is 457 Å². The third kappa shape index (κ3) is 24.3. The van der Waals surface area contributed by atoms with Crippen molar-refractivity contribution in [1.29, 1.82) is 0 Å². The number of hydrogen-bond donors (Lipinski definition) is 10. The zero-order chi connectivity index (χ0) is 87.3. The van der Waals surface area contributed by atoms with Gasteiger partial charge in [0.1, 0.15) is 33.2 Å². The summed E-state index contributed by atoms with van der Waals surface area (Å²) in [5.74, 6) is -1.09. The van der Waals surface area contributed by atoms with Gasteiger partial charge in [0.25, 0.3) is 22.2 Å². The molecule has 0 radical (unpaired) electrons. The van der Waals surface area contributed by atoms with Gasteiger partial charge < -0.3 is 75.2 Å². The number of aromatic nitrogens is 10. The molecule has 640 valence electrons. The number of aliphatic carboxylic acids is 2. The van der Waals surface area contributed by atoms with Crippen LogP contribution in [0.5, 0.6) is 0 Å². The van der Waals surface area contributed by atoms with Crippen molar-refractivity contribution in [2.24, 2.45) is 15.0 Å². The van der Waals surface area contributed by atoms with Crippen LogP contribution < -0.4 is 96.4 Å². The lowest BCUT2D eigenvalue weighted by atomic mass is 10.0. The highest BCUT2D eigenvalue weighted by atomic mass is 16.6. The Morgan fingerprint density at radius 3 is 1.30 bits per heavy atom. The van der Waals surface area contributed by atoms with E-state index in [4.69, 9.17) is 19.7 Å². The number of carboxylic acids is 2. The molecule has 8 heterocycles. The highest BCUT2D eigenvalue weighted by Crippen LogP contribution is 2.40. The number of carbonyl (C=O) groups is 5. The minimum Gasteiger partial charge on any atom is -0.481 e. The monoisotopic (exact) mass is 1650 g/mol. The molecular weight excluding hydrogens is 1540 g/mol. The van der Waals surface area contributed by atoms with Gasteiger partial charge in [0, 0.05) is 39.1 Å². The number of aryl methyl sites for hydroxylation is 9. The van der Waals surface area contributed by atoms with Crippen LogP contribution in [0.15, 0.2) is 87.5 Å².